The number of halogens is 1. The number of hydrogen-bond donors (Lipinski definition) is 2. The molecule has 140 valence electrons. The Morgan fingerprint density at radius 1 is 1.22 bits per heavy atom. The SMILES string of the molecule is CNC(=O)c1nn(CC(O)COc2ccccc2F)c(=O)c2ccccc12. The van der Waals surface area contributed by atoms with Crippen LogP contribution >= 0.6 is 0 Å². The van der Waals surface area contributed by atoms with E-state index in [9.17, 15) is 19.1 Å². The topological polar surface area (TPSA) is 93.5 Å². The third-order valence-electron chi connectivity index (χ3n) is 3.96. The number of hydrogen-bond acceptors (Lipinski definition) is 5. The predicted molar refractivity (Wildman–Crippen MR) is 97.3 cm³/mol. The lowest BCUT2D eigenvalue weighted by Crippen LogP contribution is -2.34. The van der Waals surface area contributed by atoms with E-state index in [0.29, 0.717) is 10.8 Å². The monoisotopic (exact) mass is 371 g/mol. The number of ether oxygens (including phenoxy) is 1. The first-order valence-electron chi connectivity index (χ1n) is 8.28. The van der Waals surface area contributed by atoms with Crippen LogP contribution in [0, 0.1) is 5.82 Å². The summed E-state index contributed by atoms with van der Waals surface area (Å²) < 4.78 is 19.8. The van der Waals surface area contributed by atoms with Crippen LogP contribution in [0.3, 0.4) is 0 Å². The zero-order valence-corrected chi connectivity index (χ0v) is 14.6. The molecule has 2 aromatic carbocycles. The van der Waals surface area contributed by atoms with Gasteiger partial charge in [0.05, 0.1) is 11.9 Å². The summed E-state index contributed by atoms with van der Waals surface area (Å²) >= 11 is 0. The summed E-state index contributed by atoms with van der Waals surface area (Å²) in [7, 11) is 1.46. The molecule has 7 nitrogen and oxygen atoms in total. The number of aromatic nitrogens is 2. The molecule has 0 aliphatic carbocycles. The van der Waals surface area contributed by atoms with Crippen molar-refractivity contribution >= 4 is 16.7 Å². The van der Waals surface area contributed by atoms with Crippen LogP contribution in [0.1, 0.15) is 10.5 Å². The first-order valence-corrected chi connectivity index (χ1v) is 8.28. The molecule has 0 aliphatic rings. The number of carbonyl (C=O) groups excluding carboxylic acids is 1. The normalized spacial score (nSPS) is 12.0. The first-order chi connectivity index (χ1) is 13.0. The van der Waals surface area contributed by atoms with Crippen molar-refractivity contribution in [1.82, 2.24) is 15.1 Å². The Balaban J connectivity index is 1.86. The molecule has 1 aromatic heterocycles. The second-order valence-electron chi connectivity index (χ2n) is 5.86. The minimum Gasteiger partial charge on any atom is -0.488 e. The highest BCUT2D eigenvalue weighted by molar-refractivity contribution is 6.04. The highest BCUT2D eigenvalue weighted by Crippen LogP contribution is 2.16. The van der Waals surface area contributed by atoms with E-state index in [1.54, 1.807) is 30.3 Å². The zero-order chi connectivity index (χ0) is 19.4. The van der Waals surface area contributed by atoms with Gasteiger partial charge in [-0.25, -0.2) is 9.07 Å². The predicted octanol–water partition coefficient (Wildman–Crippen LogP) is 1.34. The molecule has 1 atom stereocenters. The highest BCUT2D eigenvalue weighted by atomic mass is 19.1. The summed E-state index contributed by atoms with van der Waals surface area (Å²) in [6, 6.07) is 12.4. The van der Waals surface area contributed by atoms with E-state index in [1.165, 1.54) is 25.2 Å². The maximum Gasteiger partial charge on any atom is 0.274 e. The minimum atomic E-state index is -1.13. The number of para-hydroxylation sites is 1. The van der Waals surface area contributed by atoms with Gasteiger partial charge in [-0.15, -0.1) is 0 Å². The van der Waals surface area contributed by atoms with Gasteiger partial charge in [0.2, 0.25) is 0 Å². The van der Waals surface area contributed by atoms with Gasteiger partial charge in [-0.05, 0) is 18.2 Å². The molecular formula is C19H18FN3O4. The Labute approximate surface area is 154 Å². The standard InChI is InChI=1S/C19H18FN3O4/c1-21-18(25)17-13-6-2-3-7-14(13)19(26)23(22-17)10-12(24)11-27-16-9-5-4-8-15(16)20/h2-9,12,24H,10-11H2,1H3,(H,21,25). The lowest BCUT2D eigenvalue weighted by Gasteiger charge is -2.15. The van der Waals surface area contributed by atoms with E-state index < -0.39 is 23.4 Å². The van der Waals surface area contributed by atoms with Crippen molar-refractivity contribution in [3.05, 3.63) is 70.4 Å². The maximum atomic E-state index is 13.6. The van der Waals surface area contributed by atoms with Gasteiger partial charge in [-0.1, -0.05) is 30.3 Å². The molecule has 2 N–H and O–H groups in total. The lowest BCUT2D eigenvalue weighted by atomic mass is 10.1. The van der Waals surface area contributed by atoms with Crippen molar-refractivity contribution in [2.45, 2.75) is 12.6 Å². The van der Waals surface area contributed by atoms with Crippen LogP contribution in [0.25, 0.3) is 10.8 Å². The zero-order valence-electron chi connectivity index (χ0n) is 14.6. The van der Waals surface area contributed by atoms with E-state index in [1.807, 2.05) is 0 Å². The number of fused-ring (bicyclic) bond motifs is 1. The average Bonchev–Trinajstić information content (AvgIpc) is 2.69. The fourth-order valence-electron chi connectivity index (χ4n) is 2.65. The van der Waals surface area contributed by atoms with Gasteiger partial charge in [0.15, 0.2) is 17.3 Å². The van der Waals surface area contributed by atoms with Crippen molar-refractivity contribution < 1.29 is 19.0 Å². The number of aliphatic hydroxyl groups is 1. The number of amides is 1. The van der Waals surface area contributed by atoms with E-state index >= 15 is 0 Å². The molecule has 0 saturated heterocycles. The molecule has 0 spiro atoms. The Bertz CT molecular complexity index is 1030. The molecular weight excluding hydrogens is 353 g/mol. The second kappa shape index (κ2) is 7.96. The molecule has 0 aliphatic heterocycles. The largest absolute Gasteiger partial charge is 0.488 e. The van der Waals surface area contributed by atoms with Crippen LogP contribution in [0.4, 0.5) is 4.39 Å². The van der Waals surface area contributed by atoms with E-state index in [4.69, 9.17) is 4.74 Å². The minimum absolute atomic E-state index is 0.00131. The molecule has 3 rings (SSSR count). The van der Waals surface area contributed by atoms with Gasteiger partial charge in [0.25, 0.3) is 11.5 Å². The molecule has 1 unspecified atom stereocenters. The third kappa shape index (κ3) is 3.95. The average molecular weight is 371 g/mol. The molecule has 3 aromatic rings. The number of rotatable bonds is 6. The van der Waals surface area contributed by atoms with E-state index in [-0.39, 0.29) is 24.6 Å². The number of carbonyl (C=O) groups is 1. The molecule has 1 heterocycles. The summed E-state index contributed by atoms with van der Waals surface area (Å²) in [4.78, 5) is 24.7. The molecule has 1 amide bonds. The molecule has 27 heavy (non-hydrogen) atoms. The van der Waals surface area contributed by atoms with E-state index in [2.05, 4.69) is 10.4 Å². The van der Waals surface area contributed by atoms with Gasteiger partial charge in [-0.2, -0.15) is 5.10 Å². The van der Waals surface area contributed by atoms with Crippen LogP contribution in [0.5, 0.6) is 5.75 Å². The van der Waals surface area contributed by atoms with Gasteiger partial charge in [0, 0.05) is 12.4 Å². The molecule has 0 bridgehead atoms. The van der Waals surface area contributed by atoms with Gasteiger partial charge in [0.1, 0.15) is 12.7 Å². The molecule has 8 heteroatoms. The van der Waals surface area contributed by atoms with Gasteiger partial charge in [-0.3, -0.25) is 9.59 Å². The quantitative estimate of drug-likeness (QED) is 0.682. The number of nitrogens with one attached hydrogen (secondary N) is 1. The fourth-order valence-corrected chi connectivity index (χ4v) is 2.65. The van der Waals surface area contributed by atoms with Crippen LogP contribution in [-0.4, -0.2) is 40.6 Å². The van der Waals surface area contributed by atoms with Crippen LogP contribution in [0.2, 0.25) is 0 Å². The summed E-state index contributed by atoms with van der Waals surface area (Å²) in [5.74, 6) is -0.994. The van der Waals surface area contributed by atoms with Crippen molar-refractivity contribution in [3.63, 3.8) is 0 Å². The molecule has 0 fully saturated rings. The molecule has 0 radical (unpaired) electrons. The van der Waals surface area contributed by atoms with Crippen LogP contribution < -0.4 is 15.6 Å². The third-order valence-corrected chi connectivity index (χ3v) is 3.96. The summed E-state index contributed by atoms with van der Waals surface area (Å²) in [6.45, 7) is -0.445. The summed E-state index contributed by atoms with van der Waals surface area (Å²) in [5.41, 5.74) is -0.363. The number of benzene rings is 2. The lowest BCUT2D eigenvalue weighted by molar-refractivity contribution is 0.0850. The first kappa shape index (κ1) is 18.5. The summed E-state index contributed by atoms with van der Waals surface area (Å²) in [5, 5.41) is 17.5. The Morgan fingerprint density at radius 3 is 2.59 bits per heavy atom. The number of nitrogens with zero attached hydrogens (tertiary/aromatic N) is 2. The fraction of sp³-hybridized carbons (Fsp3) is 0.211. The number of aliphatic hydroxyl groups excluding tert-OH is 1. The maximum absolute atomic E-state index is 13.6. The van der Waals surface area contributed by atoms with Crippen LogP contribution in [0.15, 0.2) is 53.3 Å². The summed E-state index contributed by atoms with van der Waals surface area (Å²) in [6.07, 6.45) is -1.13. The Hall–Kier alpha value is -3.26. The van der Waals surface area contributed by atoms with Crippen LogP contribution in [-0.2, 0) is 6.54 Å². The van der Waals surface area contributed by atoms with E-state index in [0.717, 1.165) is 4.68 Å². The Kier molecular flexibility index (Phi) is 5.46. The smallest absolute Gasteiger partial charge is 0.274 e. The van der Waals surface area contributed by atoms with Gasteiger partial charge < -0.3 is 15.2 Å². The van der Waals surface area contributed by atoms with Crippen molar-refractivity contribution in [2.75, 3.05) is 13.7 Å². The highest BCUT2D eigenvalue weighted by Gasteiger charge is 2.17. The van der Waals surface area contributed by atoms with Crippen molar-refractivity contribution in [1.29, 1.82) is 0 Å². The van der Waals surface area contributed by atoms with Crippen molar-refractivity contribution in [2.24, 2.45) is 0 Å². The molecule has 0 saturated carbocycles. The van der Waals surface area contributed by atoms with Crippen molar-refractivity contribution in [3.8, 4) is 5.75 Å². The van der Waals surface area contributed by atoms with Gasteiger partial charge >= 0.3 is 0 Å². The second-order valence-corrected chi connectivity index (χ2v) is 5.86. The Morgan fingerprint density at radius 2 is 1.89 bits per heavy atom.